The highest BCUT2D eigenvalue weighted by molar-refractivity contribution is 5.99. The zero-order valence-electron chi connectivity index (χ0n) is 9.13. The highest BCUT2D eigenvalue weighted by atomic mass is 16.6. The second kappa shape index (κ2) is 6.40. The molecule has 4 nitrogen and oxygen atoms in total. The predicted octanol–water partition coefficient (Wildman–Crippen LogP) is 2.42. The Morgan fingerprint density at radius 3 is 3.06 bits per heavy atom. The molecule has 0 saturated heterocycles. The molecule has 0 aliphatic rings. The summed E-state index contributed by atoms with van der Waals surface area (Å²) in [7, 11) is 0. The molecule has 0 aliphatic carbocycles. The van der Waals surface area contributed by atoms with Crippen LogP contribution in [-0.2, 0) is 4.84 Å². The molecule has 1 aromatic carbocycles. The average molecular weight is 218 g/mol. The van der Waals surface area contributed by atoms with Crippen LogP contribution in [0.5, 0.6) is 0 Å². The van der Waals surface area contributed by atoms with Crippen molar-refractivity contribution in [3.8, 4) is 0 Å². The van der Waals surface area contributed by atoms with Gasteiger partial charge in [-0.2, -0.15) is 0 Å². The van der Waals surface area contributed by atoms with Crippen molar-refractivity contribution >= 4 is 11.9 Å². The van der Waals surface area contributed by atoms with E-state index in [0.717, 1.165) is 11.1 Å². The summed E-state index contributed by atoms with van der Waals surface area (Å²) in [5.41, 5.74) is 2.28. The number of hydrogen-bond acceptors (Lipinski definition) is 4. The van der Waals surface area contributed by atoms with Crippen LogP contribution < -0.4 is 0 Å². The third-order valence-electron chi connectivity index (χ3n) is 1.92. The Labute approximate surface area is 94.5 Å². The van der Waals surface area contributed by atoms with Crippen molar-refractivity contribution < 1.29 is 10.0 Å². The van der Waals surface area contributed by atoms with Crippen molar-refractivity contribution in [2.75, 3.05) is 6.61 Å². The Bertz CT molecular complexity index is 411. The minimum Gasteiger partial charge on any atom is -0.411 e. The maximum Gasteiger partial charge on any atom is 0.135 e. The molecule has 1 aromatic rings. The van der Waals surface area contributed by atoms with Crippen molar-refractivity contribution in [3.63, 3.8) is 0 Å². The van der Waals surface area contributed by atoms with E-state index in [1.165, 1.54) is 0 Å². The molecular formula is C12H14N2O2. The van der Waals surface area contributed by atoms with Crippen molar-refractivity contribution in [2.45, 2.75) is 6.92 Å². The fourth-order valence-electron chi connectivity index (χ4n) is 1.10. The summed E-state index contributed by atoms with van der Waals surface area (Å²) in [4.78, 5) is 4.89. The van der Waals surface area contributed by atoms with Gasteiger partial charge in [-0.1, -0.05) is 41.2 Å². The molecule has 0 aliphatic heterocycles. The molecule has 0 amide bonds. The number of oxime groups is 2. The molecule has 84 valence electrons. The largest absolute Gasteiger partial charge is 0.411 e. The second-order valence-electron chi connectivity index (χ2n) is 3.13. The van der Waals surface area contributed by atoms with Gasteiger partial charge in [-0.3, -0.25) is 0 Å². The van der Waals surface area contributed by atoms with Gasteiger partial charge in [0.05, 0.1) is 11.9 Å². The lowest BCUT2D eigenvalue weighted by molar-refractivity contribution is 0.176. The SMILES string of the molecule is C=CCO/N=C/c1cccc(/C(C)=N/O)c1. The minimum atomic E-state index is 0.382. The molecule has 0 heterocycles. The molecule has 1 N–H and O–H groups in total. The van der Waals surface area contributed by atoms with Gasteiger partial charge in [0.15, 0.2) is 0 Å². The summed E-state index contributed by atoms with van der Waals surface area (Å²) >= 11 is 0. The molecule has 0 bridgehead atoms. The van der Waals surface area contributed by atoms with Gasteiger partial charge in [-0.15, -0.1) is 0 Å². The zero-order chi connectivity index (χ0) is 11.8. The Hall–Kier alpha value is -2.10. The molecule has 16 heavy (non-hydrogen) atoms. The molecule has 0 radical (unpaired) electrons. The van der Waals surface area contributed by atoms with Crippen LogP contribution in [0.2, 0.25) is 0 Å². The lowest BCUT2D eigenvalue weighted by atomic mass is 10.1. The standard InChI is InChI=1S/C12H14N2O2/c1-3-7-16-13-9-11-5-4-6-12(8-11)10(2)14-15/h3-6,8-9,15H,1,7H2,2H3/b13-9+,14-10+. The molecule has 4 heteroatoms. The van der Waals surface area contributed by atoms with Crippen molar-refractivity contribution in [1.29, 1.82) is 0 Å². The topological polar surface area (TPSA) is 54.2 Å². The van der Waals surface area contributed by atoms with Gasteiger partial charge in [0.2, 0.25) is 0 Å². The highest BCUT2D eigenvalue weighted by Crippen LogP contribution is 2.04. The molecule has 0 saturated carbocycles. The van der Waals surface area contributed by atoms with Crippen molar-refractivity contribution in [2.24, 2.45) is 10.3 Å². The average Bonchev–Trinajstić information content (AvgIpc) is 2.34. The second-order valence-corrected chi connectivity index (χ2v) is 3.13. The lowest BCUT2D eigenvalue weighted by Gasteiger charge is -1.99. The van der Waals surface area contributed by atoms with Gasteiger partial charge in [-0.05, 0) is 24.1 Å². The van der Waals surface area contributed by atoms with E-state index in [-0.39, 0.29) is 0 Å². The fraction of sp³-hybridized carbons (Fsp3) is 0.167. The monoisotopic (exact) mass is 218 g/mol. The van der Waals surface area contributed by atoms with Crippen LogP contribution in [0.4, 0.5) is 0 Å². The summed E-state index contributed by atoms with van der Waals surface area (Å²) in [5.74, 6) is 0. The van der Waals surface area contributed by atoms with Crippen LogP contribution in [0.25, 0.3) is 0 Å². The minimum absolute atomic E-state index is 0.382. The zero-order valence-corrected chi connectivity index (χ0v) is 9.13. The van der Waals surface area contributed by atoms with E-state index in [1.54, 1.807) is 19.2 Å². The maximum atomic E-state index is 8.64. The van der Waals surface area contributed by atoms with Crippen LogP contribution in [-0.4, -0.2) is 23.7 Å². The quantitative estimate of drug-likeness (QED) is 0.271. The first-order chi connectivity index (χ1) is 7.77. The summed E-state index contributed by atoms with van der Waals surface area (Å²) in [6.07, 6.45) is 3.22. The van der Waals surface area contributed by atoms with Gasteiger partial charge in [0.1, 0.15) is 6.61 Å². The highest BCUT2D eigenvalue weighted by Gasteiger charge is 1.97. The Morgan fingerprint density at radius 1 is 1.56 bits per heavy atom. The van der Waals surface area contributed by atoms with Crippen LogP contribution in [0.3, 0.4) is 0 Å². The van der Waals surface area contributed by atoms with Crippen LogP contribution >= 0.6 is 0 Å². The molecule has 0 aromatic heterocycles. The number of hydrogen-bond donors (Lipinski definition) is 1. The summed E-state index contributed by atoms with van der Waals surface area (Å²) in [5, 5.41) is 15.5. The van der Waals surface area contributed by atoms with E-state index in [4.69, 9.17) is 10.0 Å². The van der Waals surface area contributed by atoms with Gasteiger partial charge >= 0.3 is 0 Å². The fourth-order valence-corrected chi connectivity index (χ4v) is 1.10. The third-order valence-corrected chi connectivity index (χ3v) is 1.92. The smallest absolute Gasteiger partial charge is 0.135 e. The summed E-state index contributed by atoms with van der Waals surface area (Å²) in [6.45, 7) is 5.62. The summed E-state index contributed by atoms with van der Waals surface area (Å²) < 4.78 is 0. The lowest BCUT2D eigenvalue weighted by Crippen LogP contribution is -1.95. The first-order valence-electron chi connectivity index (χ1n) is 4.83. The van der Waals surface area contributed by atoms with Crippen LogP contribution in [0, 0.1) is 0 Å². The summed E-state index contributed by atoms with van der Waals surface area (Å²) in [6, 6.07) is 7.46. The third kappa shape index (κ3) is 3.57. The van der Waals surface area contributed by atoms with Gasteiger partial charge in [0, 0.05) is 0 Å². The number of rotatable bonds is 5. The predicted molar refractivity (Wildman–Crippen MR) is 64.2 cm³/mol. The van der Waals surface area contributed by atoms with E-state index in [9.17, 15) is 0 Å². The van der Waals surface area contributed by atoms with Crippen molar-refractivity contribution in [1.82, 2.24) is 0 Å². The number of benzene rings is 1. The first kappa shape index (κ1) is 12.0. The van der Waals surface area contributed by atoms with Gasteiger partial charge in [-0.25, -0.2) is 0 Å². The normalized spacial score (nSPS) is 11.7. The van der Waals surface area contributed by atoms with Gasteiger partial charge in [0.25, 0.3) is 0 Å². The molecule has 0 fully saturated rings. The Morgan fingerprint density at radius 2 is 2.38 bits per heavy atom. The Kier molecular flexibility index (Phi) is 4.79. The van der Waals surface area contributed by atoms with Crippen LogP contribution in [0.1, 0.15) is 18.1 Å². The maximum absolute atomic E-state index is 8.64. The van der Waals surface area contributed by atoms with E-state index in [1.807, 2.05) is 24.3 Å². The molecule has 0 atom stereocenters. The Balaban J connectivity index is 2.74. The van der Waals surface area contributed by atoms with E-state index in [0.29, 0.717) is 12.3 Å². The van der Waals surface area contributed by atoms with Crippen molar-refractivity contribution in [3.05, 3.63) is 48.0 Å². The van der Waals surface area contributed by atoms with Gasteiger partial charge < -0.3 is 10.0 Å². The molecule has 0 spiro atoms. The molecule has 0 unspecified atom stereocenters. The first-order valence-corrected chi connectivity index (χ1v) is 4.83. The van der Waals surface area contributed by atoms with E-state index < -0.39 is 0 Å². The van der Waals surface area contributed by atoms with E-state index >= 15 is 0 Å². The van der Waals surface area contributed by atoms with E-state index in [2.05, 4.69) is 16.9 Å². The number of nitrogens with zero attached hydrogens (tertiary/aromatic N) is 2. The molecule has 1 rings (SSSR count). The van der Waals surface area contributed by atoms with Crippen LogP contribution in [0.15, 0.2) is 47.2 Å². The molecular weight excluding hydrogens is 204 g/mol.